The molecule has 0 saturated heterocycles. The fourth-order valence-corrected chi connectivity index (χ4v) is 3.29. The quantitative estimate of drug-likeness (QED) is 0.585. The van der Waals surface area contributed by atoms with Crippen molar-refractivity contribution in [3.63, 3.8) is 0 Å². The normalized spacial score (nSPS) is 10.6. The minimum Gasteiger partial charge on any atom is -0.294 e. The van der Waals surface area contributed by atoms with Gasteiger partial charge in [0.15, 0.2) is 5.78 Å². The lowest BCUT2D eigenvalue weighted by Crippen LogP contribution is -1.98. The lowest BCUT2D eigenvalue weighted by molar-refractivity contribution is 0.101. The highest BCUT2D eigenvalue weighted by Gasteiger charge is 2.12. The molecular weight excluding hydrogens is 271 g/mol. The number of carbonyl (C=O) groups excluding carboxylic acids is 1. The topological polar surface area (TPSA) is 17.1 Å². The molecular formula is C17H17FOS. The van der Waals surface area contributed by atoms with Crippen LogP contribution in [0, 0.1) is 19.7 Å². The number of Topliss-reactive ketones (excluding diaryl/α,β-unsaturated/α-hetero) is 1. The summed E-state index contributed by atoms with van der Waals surface area (Å²) in [6.45, 7) is 5.56. The molecule has 0 aromatic heterocycles. The number of hydrogen-bond acceptors (Lipinski definition) is 2. The van der Waals surface area contributed by atoms with E-state index in [1.54, 1.807) is 12.1 Å². The van der Waals surface area contributed by atoms with Crippen molar-refractivity contribution >= 4 is 17.5 Å². The zero-order chi connectivity index (χ0) is 14.7. The standard InChI is InChI=1S/C17H17FOS/c1-11-7-12(2)9-14(8-11)10-20-17-15(13(3)19)5-4-6-16(17)18/h4-9H,10H2,1-3H3. The van der Waals surface area contributed by atoms with Gasteiger partial charge in [0, 0.05) is 11.3 Å². The number of thioether (sulfide) groups is 1. The predicted octanol–water partition coefficient (Wildman–Crippen LogP) is 4.94. The molecule has 0 amide bonds. The second kappa shape index (κ2) is 6.23. The largest absolute Gasteiger partial charge is 0.294 e. The van der Waals surface area contributed by atoms with Crippen LogP contribution < -0.4 is 0 Å². The van der Waals surface area contributed by atoms with Crippen molar-refractivity contribution in [1.82, 2.24) is 0 Å². The molecule has 1 nitrogen and oxygen atoms in total. The maximum atomic E-state index is 13.9. The van der Waals surface area contributed by atoms with Gasteiger partial charge in [0.2, 0.25) is 0 Å². The van der Waals surface area contributed by atoms with Crippen molar-refractivity contribution in [2.75, 3.05) is 0 Å². The van der Waals surface area contributed by atoms with Gasteiger partial charge in [0.1, 0.15) is 5.82 Å². The number of carbonyl (C=O) groups is 1. The Hall–Kier alpha value is -1.61. The summed E-state index contributed by atoms with van der Waals surface area (Å²) in [5.41, 5.74) is 3.99. The molecule has 0 spiro atoms. The first-order chi connectivity index (χ1) is 9.47. The molecule has 0 fully saturated rings. The maximum absolute atomic E-state index is 13.9. The highest BCUT2D eigenvalue weighted by Crippen LogP contribution is 2.29. The molecule has 0 aliphatic rings. The van der Waals surface area contributed by atoms with Crippen LogP contribution in [0.4, 0.5) is 4.39 Å². The van der Waals surface area contributed by atoms with E-state index in [-0.39, 0.29) is 11.6 Å². The Morgan fingerprint density at radius 3 is 2.40 bits per heavy atom. The van der Waals surface area contributed by atoms with E-state index in [1.807, 2.05) is 13.8 Å². The van der Waals surface area contributed by atoms with Gasteiger partial charge in [0.05, 0.1) is 4.90 Å². The molecule has 20 heavy (non-hydrogen) atoms. The van der Waals surface area contributed by atoms with Crippen LogP contribution in [-0.4, -0.2) is 5.78 Å². The van der Waals surface area contributed by atoms with Crippen molar-refractivity contribution in [1.29, 1.82) is 0 Å². The smallest absolute Gasteiger partial charge is 0.161 e. The van der Waals surface area contributed by atoms with Crippen LogP contribution in [0.25, 0.3) is 0 Å². The summed E-state index contributed by atoms with van der Waals surface area (Å²) in [7, 11) is 0. The Balaban J connectivity index is 2.25. The third kappa shape index (κ3) is 3.48. The molecule has 0 atom stereocenters. The van der Waals surface area contributed by atoms with Crippen LogP contribution in [0.5, 0.6) is 0 Å². The van der Waals surface area contributed by atoms with Crippen LogP contribution in [0.3, 0.4) is 0 Å². The molecule has 0 aliphatic carbocycles. The van der Waals surface area contributed by atoms with Gasteiger partial charge in [-0.3, -0.25) is 4.79 Å². The third-order valence-corrected chi connectivity index (χ3v) is 4.19. The molecule has 0 saturated carbocycles. The van der Waals surface area contributed by atoms with Crippen LogP contribution in [0.15, 0.2) is 41.3 Å². The Kier molecular flexibility index (Phi) is 4.61. The van der Waals surface area contributed by atoms with Crippen molar-refractivity contribution in [3.05, 3.63) is 64.5 Å². The predicted molar refractivity (Wildman–Crippen MR) is 81.9 cm³/mol. The summed E-state index contributed by atoms with van der Waals surface area (Å²) in [5.74, 6) is 0.225. The molecule has 0 heterocycles. The van der Waals surface area contributed by atoms with Gasteiger partial charge in [-0.2, -0.15) is 0 Å². The van der Waals surface area contributed by atoms with Crippen molar-refractivity contribution in [2.45, 2.75) is 31.4 Å². The summed E-state index contributed by atoms with van der Waals surface area (Å²) < 4.78 is 13.9. The molecule has 0 aliphatic heterocycles. The highest BCUT2D eigenvalue weighted by atomic mass is 32.2. The van der Waals surface area contributed by atoms with Gasteiger partial charge >= 0.3 is 0 Å². The molecule has 2 aromatic carbocycles. The van der Waals surface area contributed by atoms with E-state index in [0.29, 0.717) is 16.2 Å². The number of hydrogen-bond donors (Lipinski definition) is 0. The SMILES string of the molecule is CC(=O)c1cccc(F)c1SCc1cc(C)cc(C)c1. The molecule has 0 unspecified atom stereocenters. The first-order valence-corrected chi connectivity index (χ1v) is 7.45. The molecule has 2 aromatic rings. The van der Waals surface area contributed by atoms with E-state index >= 15 is 0 Å². The molecule has 0 bridgehead atoms. The fraction of sp³-hybridized carbons (Fsp3) is 0.235. The van der Waals surface area contributed by atoms with Crippen LogP contribution in [0.2, 0.25) is 0 Å². The van der Waals surface area contributed by atoms with Gasteiger partial charge in [-0.15, -0.1) is 11.8 Å². The molecule has 104 valence electrons. The maximum Gasteiger partial charge on any atom is 0.161 e. The second-order valence-corrected chi connectivity index (χ2v) is 5.94. The van der Waals surface area contributed by atoms with E-state index in [4.69, 9.17) is 0 Å². The Morgan fingerprint density at radius 2 is 1.80 bits per heavy atom. The summed E-state index contributed by atoms with van der Waals surface area (Å²) in [4.78, 5) is 12.0. The van der Waals surface area contributed by atoms with Gasteiger partial charge in [0.25, 0.3) is 0 Å². The Labute approximate surface area is 123 Å². The zero-order valence-electron chi connectivity index (χ0n) is 11.9. The summed E-state index contributed by atoms with van der Waals surface area (Å²) in [6, 6.07) is 10.9. The number of halogens is 1. The van der Waals surface area contributed by atoms with E-state index < -0.39 is 0 Å². The first-order valence-electron chi connectivity index (χ1n) is 6.47. The first kappa shape index (κ1) is 14.8. The van der Waals surface area contributed by atoms with E-state index in [1.165, 1.54) is 35.9 Å². The highest BCUT2D eigenvalue weighted by molar-refractivity contribution is 7.98. The fourth-order valence-electron chi connectivity index (χ4n) is 2.24. The lowest BCUT2D eigenvalue weighted by Gasteiger charge is -2.09. The number of ketones is 1. The minimum absolute atomic E-state index is 0.104. The van der Waals surface area contributed by atoms with Gasteiger partial charge in [-0.1, -0.05) is 41.5 Å². The second-order valence-electron chi connectivity index (χ2n) is 4.96. The summed E-state index contributed by atoms with van der Waals surface area (Å²) >= 11 is 1.38. The van der Waals surface area contributed by atoms with E-state index in [9.17, 15) is 9.18 Å². The van der Waals surface area contributed by atoms with Crippen molar-refractivity contribution in [3.8, 4) is 0 Å². The number of aryl methyl sites for hydroxylation is 2. The van der Waals surface area contributed by atoms with Crippen LogP contribution in [0.1, 0.15) is 34.0 Å². The van der Waals surface area contributed by atoms with Gasteiger partial charge < -0.3 is 0 Å². The average Bonchev–Trinajstić information content (AvgIpc) is 2.35. The number of rotatable bonds is 4. The average molecular weight is 288 g/mol. The van der Waals surface area contributed by atoms with Crippen LogP contribution in [-0.2, 0) is 5.75 Å². The Morgan fingerprint density at radius 1 is 1.15 bits per heavy atom. The van der Waals surface area contributed by atoms with Crippen molar-refractivity contribution in [2.24, 2.45) is 0 Å². The third-order valence-electron chi connectivity index (χ3n) is 3.01. The Bertz CT molecular complexity index is 629. The number of benzene rings is 2. The summed E-state index contributed by atoms with van der Waals surface area (Å²) in [5, 5.41) is 0. The lowest BCUT2D eigenvalue weighted by atomic mass is 10.1. The van der Waals surface area contributed by atoms with Gasteiger partial charge in [-0.05, 0) is 32.4 Å². The molecule has 2 rings (SSSR count). The monoisotopic (exact) mass is 288 g/mol. The summed E-state index contributed by atoms with van der Waals surface area (Å²) in [6.07, 6.45) is 0. The zero-order valence-corrected chi connectivity index (χ0v) is 12.7. The van der Waals surface area contributed by atoms with Crippen molar-refractivity contribution < 1.29 is 9.18 Å². The van der Waals surface area contributed by atoms with E-state index in [0.717, 1.165) is 5.56 Å². The minimum atomic E-state index is -0.327. The molecule has 0 N–H and O–H groups in total. The van der Waals surface area contributed by atoms with Crippen LogP contribution >= 0.6 is 11.8 Å². The molecule has 0 radical (unpaired) electrons. The molecule has 3 heteroatoms. The van der Waals surface area contributed by atoms with E-state index in [2.05, 4.69) is 18.2 Å². The van der Waals surface area contributed by atoms with Gasteiger partial charge in [-0.25, -0.2) is 4.39 Å².